The monoisotopic (exact) mass is 294 g/mol. The minimum atomic E-state index is 0.134. The number of amides is 1. The smallest absolute Gasteiger partial charge is 0.255 e. The average Bonchev–Trinajstić information content (AvgIpc) is 3.10. The molecule has 0 atom stereocenters. The van der Waals surface area contributed by atoms with E-state index in [-0.39, 0.29) is 5.91 Å². The molecule has 1 amide bonds. The van der Waals surface area contributed by atoms with Crippen LogP contribution in [-0.2, 0) is 0 Å². The number of halogens is 1. The second-order valence-corrected chi connectivity index (χ2v) is 6.00. The summed E-state index contributed by atoms with van der Waals surface area (Å²) in [6.45, 7) is 1.82. The fourth-order valence-electron chi connectivity index (χ4n) is 2.58. The number of rotatable bonds is 1. The summed E-state index contributed by atoms with van der Waals surface area (Å²) < 4.78 is 0.789. The molecule has 0 N–H and O–H groups in total. The van der Waals surface area contributed by atoms with Crippen LogP contribution < -0.4 is 0 Å². The SMILES string of the molecule is O=C(c1ccncc1Br)N1CCC2(CC1)CC2. The molecule has 0 aromatic carbocycles. The number of piperidine rings is 1. The Morgan fingerprint density at radius 3 is 2.59 bits per heavy atom. The Morgan fingerprint density at radius 2 is 2.00 bits per heavy atom. The summed E-state index contributed by atoms with van der Waals surface area (Å²) in [5, 5.41) is 0. The van der Waals surface area contributed by atoms with E-state index in [2.05, 4.69) is 20.9 Å². The van der Waals surface area contributed by atoms with Gasteiger partial charge in [0.05, 0.1) is 5.56 Å². The van der Waals surface area contributed by atoms with Gasteiger partial charge in [0.25, 0.3) is 5.91 Å². The number of nitrogens with zero attached hydrogens (tertiary/aromatic N) is 2. The molecular formula is C13H15BrN2O. The van der Waals surface area contributed by atoms with Crippen LogP contribution in [0.1, 0.15) is 36.0 Å². The number of hydrogen-bond donors (Lipinski definition) is 0. The fraction of sp³-hybridized carbons (Fsp3) is 0.538. The van der Waals surface area contributed by atoms with Crippen LogP contribution in [0.5, 0.6) is 0 Å². The summed E-state index contributed by atoms with van der Waals surface area (Å²) in [5.41, 5.74) is 1.35. The van der Waals surface area contributed by atoms with Crippen LogP contribution in [0.15, 0.2) is 22.9 Å². The number of aromatic nitrogens is 1. The molecule has 1 spiro atoms. The molecule has 1 aliphatic heterocycles. The Balaban J connectivity index is 1.72. The first-order valence-electron chi connectivity index (χ1n) is 6.09. The summed E-state index contributed by atoms with van der Waals surface area (Å²) in [4.78, 5) is 18.3. The molecule has 3 rings (SSSR count). The van der Waals surface area contributed by atoms with Gasteiger partial charge in [-0.05, 0) is 53.1 Å². The highest BCUT2D eigenvalue weighted by atomic mass is 79.9. The van der Waals surface area contributed by atoms with Crippen LogP contribution in [0.25, 0.3) is 0 Å². The Bertz CT molecular complexity index is 446. The largest absolute Gasteiger partial charge is 0.339 e. The molecule has 0 bridgehead atoms. The predicted octanol–water partition coefficient (Wildman–Crippen LogP) is 2.86. The minimum Gasteiger partial charge on any atom is -0.339 e. The zero-order chi connectivity index (χ0) is 11.9. The molecule has 2 aliphatic rings. The minimum absolute atomic E-state index is 0.134. The summed E-state index contributed by atoms with van der Waals surface area (Å²) in [5.74, 6) is 0.134. The molecule has 1 saturated carbocycles. The Morgan fingerprint density at radius 1 is 1.29 bits per heavy atom. The van der Waals surface area contributed by atoms with E-state index in [0.29, 0.717) is 5.41 Å². The van der Waals surface area contributed by atoms with Crippen molar-refractivity contribution in [2.45, 2.75) is 25.7 Å². The number of carbonyl (C=O) groups excluding carboxylic acids is 1. The van der Waals surface area contributed by atoms with Crippen LogP contribution >= 0.6 is 15.9 Å². The van der Waals surface area contributed by atoms with E-state index in [4.69, 9.17) is 0 Å². The molecule has 4 heteroatoms. The lowest BCUT2D eigenvalue weighted by atomic mass is 9.93. The van der Waals surface area contributed by atoms with Gasteiger partial charge in [0.2, 0.25) is 0 Å². The zero-order valence-electron chi connectivity index (χ0n) is 9.66. The Hall–Kier alpha value is -0.900. The first kappa shape index (κ1) is 11.2. The first-order valence-corrected chi connectivity index (χ1v) is 6.88. The normalized spacial score (nSPS) is 21.6. The maximum absolute atomic E-state index is 12.3. The third-order valence-corrected chi connectivity index (χ3v) is 4.70. The molecular weight excluding hydrogens is 280 g/mol. The van der Waals surface area contributed by atoms with Crippen molar-refractivity contribution < 1.29 is 4.79 Å². The third kappa shape index (κ3) is 2.10. The molecule has 0 radical (unpaired) electrons. The van der Waals surface area contributed by atoms with Crippen molar-refractivity contribution in [2.75, 3.05) is 13.1 Å². The molecule has 1 aromatic heterocycles. The highest BCUT2D eigenvalue weighted by Crippen LogP contribution is 2.53. The summed E-state index contributed by atoms with van der Waals surface area (Å²) in [7, 11) is 0. The zero-order valence-corrected chi connectivity index (χ0v) is 11.2. The molecule has 1 aliphatic carbocycles. The summed E-state index contributed by atoms with van der Waals surface area (Å²) >= 11 is 3.39. The van der Waals surface area contributed by atoms with Gasteiger partial charge in [0.15, 0.2) is 0 Å². The molecule has 0 unspecified atom stereocenters. The molecule has 17 heavy (non-hydrogen) atoms. The number of carbonyl (C=O) groups is 1. The van der Waals surface area contributed by atoms with E-state index >= 15 is 0 Å². The number of likely N-dealkylation sites (tertiary alicyclic amines) is 1. The molecule has 1 saturated heterocycles. The maximum atomic E-state index is 12.3. The van der Waals surface area contributed by atoms with Crippen molar-refractivity contribution in [1.29, 1.82) is 0 Å². The van der Waals surface area contributed by atoms with Crippen molar-refractivity contribution in [1.82, 2.24) is 9.88 Å². The van der Waals surface area contributed by atoms with E-state index in [1.165, 1.54) is 25.7 Å². The Labute approximate surface area is 109 Å². The van der Waals surface area contributed by atoms with E-state index in [9.17, 15) is 4.79 Å². The molecule has 3 nitrogen and oxygen atoms in total. The van der Waals surface area contributed by atoms with Crippen molar-refractivity contribution >= 4 is 21.8 Å². The van der Waals surface area contributed by atoms with Gasteiger partial charge in [-0.3, -0.25) is 9.78 Å². The van der Waals surface area contributed by atoms with Crippen LogP contribution in [0.4, 0.5) is 0 Å². The standard InChI is InChI=1S/C13H15BrN2O/c14-11-9-15-6-1-10(11)12(17)16-7-4-13(2-3-13)5-8-16/h1,6,9H,2-5,7-8H2. The van der Waals surface area contributed by atoms with Crippen molar-refractivity contribution in [3.8, 4) is 0 Å². The average molecular weight is 295 g/mol. The van der Waals surface area contributed by atoms with E-state index in [0.717, 1.165) is 23.1 Å². The fourth-order valence-corrected chi connectivity index (χ4v) is 3.00. The topological polar surface area (TPSA) is 33.2 Å². The van der Waals surface area contributed by atoms with Gasteiger partial charge in [-0.2, -0.15) is 0 Å². The van der Waals surface area contributed by atoms with Crippen LogP contribution in [-0.4, -0.2) is 28.9 Å². The second-order valence-electron chi connectivity index (χ2n) is 5.15. The van der Waals surface area contributed by atoms with Crippen molar-refractivity contribution in [3.05, 3.63) is 28.5 Å². The van der Waals surface area contributed by atoms with Crippen molar-refractivity contribution in [2.24, 2.45) is 5.41 Å². The molecule has 1 aromatic rings. The quantitative estimate of drug-likeness (QED) is 0.798. The second kappa shape index (κ2) is 4.09. The molecule has 2 heterocycles. The molecule has 2 fully saturated rings. The van der Waals surface area contributed by atoms with Crippen LogP contribution in [0.3, 0.4) is 0 Å². The van der Waals surface area contributed by atoms with Gasteiger partial charge in [0, 0.05) is 30.0 Å². The van der Waals surface area contributed by atoms with E-state index in [1.54, 1.807) is 18.5 Å². The van der Waals surface area contributed by atoms with E-state index < -0.39 is 0 Å². The van der Waals surface area contributed by atoms with Gasteiger partial charge in [-0.25, -0.2) is 0 Å². The number of pyridine rings is 1. The van der Waals surface area contributed by atoms with Gasteiger partial charge < -0.3 is 4.90 Å². The maximum Gasteiger partial charge on any atom is 0.255 e. The van der Waals surface area contributed by atoms with Crippen molar-refractivity contribution in [3.63, 3.8) is 0 Å². The van der Waals surface area contributed by atoms with Gasteiger partial charge in [-0.1, -0.05) is 0 Å². The lowest BCUT2D eigenvalue weighted by Crippen LogP contribution is -2.39. The first-order chi connectivity index (χ1) is 8.20. The molecule has 90 valence electrons. The lowest BCUT2D eigenvalue weighted by Gasteiger charge is -2.32. The van der Waals surface area contributed by atoms with Gasteiger partial charge in [0.1, 0.15) is 0 Å². The van der Waals surface area contributed by atoms with Gasteiger partial charge in [-0.15, -0.1) is 0 Å². The highest BCUT2D eigenvalue weighted by Gasteiger charge is 2.45. The van der Waals surface area contributed by atoms with Crippen LogP contribution in [0.2, 0.25) is 0 Å². The lowest BCUT2D eigenvalue weighted by molar-refractivity contribution is 0.0677. The summed E-state index contributed by atoms with van der Waals surface area (Å²) in [6, 6.07) is 1.79. The number of hydrogen-bond acceptors (Lipinski definition) is 2. The third-order valence-electron chi connectivity index (χ3n) is 4.07. The predicted molar refractivity (Wildman–Crippen MR) is 68.7 cm³/mol. The Kier molecular flexibility index (Phi) is 2.69. The van der Waals surface area contributed by atoms with Crippen LogP contribution in [0, 0.1) is 5.41 Å². The highest BCUT2D eigenvalue weighted by molar-refractivity contribution is 9.10. The van der Waals surface area contributed by atoms with E-state index in [1.807, 2.05) is 4.90 Å². The van der Waals surface area contributed by atoms with Gasteiger partial charge >= 0.3 is 0 Å². The summed E-state index contributed by atoms with van der Waals surface area (Å²) in [6.07, 6.45) is 8.45.